The molecule has 0 aromatic carbocycles. The highest BCUT2D eigenvalue weighted by Crippen LogP contribution is 2.34. The zero-order valence-corrected chi connectivity index (χ0v) is 9.53. The first-order chi connectivity index (χ1) is 7.45. The maximum absolute atomic E-state index is 12.2. The van der Waals surface area contributed by atoms with Gasteiger partial charge in [0.15, 0.2) is 0 Å². The van der Waals surface area contributed by atoms with E-state index in [-0.39, 0.29) is 11.2 Å². The number of hydrogen-bond acceptors (Lipinski definition) is 4. The van der Waals surface area contributed by atoms with E-state index in [4.69, 9.17) is 0 Å². The third kappa shape index (κ3) is 3.07. The predicted molar refractivity (Wildman–Crippen MR) is 55.3 cm³/mol. The van der Waals surface area contributed by atoms with E-state index in [0.29, 0.717) is 0 Å². The SMILES string of the molecule is CC(CC1CC1)Nc1nc(C(F)(F)F)ns1. The summed E-state index contributed by atoms with van der Waals surface area (Å²) in [5.74, 6) is -0.323. The van der Waals surface area contributed by atoms with Gasteiger partial charge in [0.05, 0.1) is 0 Å². The molecule has 1 fully saturated rings. The third-order valence-corrected chi connectivity index (χ3v) is 3.08. The van der Waals surface area contributed by atoms with E-state index < -0.39 is 12.0 Å². The average molecular weight is 251 g/mol. The summed E-state index contributed by atoms with van der Waals surface area (Å²) in [6.07, 6.45) is -0.997. The van der Waals surface area contributed by atoms with E-state index in [1.54, 1.807) is 0 Å². The van der Waals surface area contributed by atoms with Crippen molar-refractivity contribution in [3.05, 3.63) is 5.82 Å². The summed E-state index contributed by atoms with van der Waals surface area (Å²) in [6, 6.07) is 0.154. The fourth-order valence-electron chi connectivity index (χ4n) is 1.52. The Morgan fingerprint density at radius 2 is 2.19 bits per heavy atom. The molecule has 1 N–H and O–H groups in total. The van der Waals surface area contributed by atoms with Gasteiger partial charge in [0.2, 0.25) is 11.0 Å². The normalized spacial score (nSPS) is 18.5. The molecule has 7 heteroatoms. The lowest BCUT2D eigenvalue weighted by atomic mass is 10.2. The van der Waals surface area contributed by atoms with Gasteiger partial charge in [0.1, 0.15) is 0 Å². The van der Waals surface area contributed by atoms with Crippen LogP contribution in [0.5, 0.6) is 0 Å². The molecule has 1 unspecified atom stereocenters. The molecule has 0 amide bonds. The molecule has 1 atom stereocenters. The first-order valence-corrected chi connectivity index (χ1v) is 5.90. The van der Waals surface area contributed by atoms with Gasteiger partial charge in [-0.3, -0.25) is 0 Å². The second kappa shape index (κ2) is 4.20. The van der Waals surface area contributed by atoms with Crippen LogP contribution in [0.2, 0.25) is 0 Å². The molecule has 16 heavy (non-hydrogen) atoms. The lowest BCUT2D eigenvalue weighted by Gasteiger charge is -2.10. The zero-order chi connectivity index (χ0) is 11.8. The second-order valence-corrected chi connectivity index (χ2v) is 4.90. The summed E-state index contributed by atoms with van der Waals surface area (Å²) in [5, 5.41) is 3.20. The fraction of sp³-hybridized carbons (Fsp3) is 0.778. The van der Waals surface area contributed by atoms with Crippen LogP contribution in [0.15, 0.2) is 0 Å². The number of rotatable bonds is 4. The number of halogens is 3. The highest BCUT2D eigenvalue weighted by atomic mass is 32.1. The van der Waals surface area contributed by atoms with Crippen LogP contribution in [0.1, 0.15) is 32.0 Å². The summed E-state index contributed by atoms with van der Waals surface area (Å²) >= 11 is 0.760. The second-order valence-electron chi connectivity index (χ2n) is 4.15. The minimum atomic E-state index is -4.45. The van der Waals surface area contributed by atoms with E-state index in [0.717, 1.165) is 23.9 Å². The van der Waals surface area contributed by atoms with E-state index in [1.165, 1.54) is 12.8 Å². The van der Waals surface area contributed by atoms with Crippen molar-refractivity contribution in [2.24, 2.45) is 5.92 Å². The molecule has 0 radical (unpaired) electrons. The summed E-state index contributed by atoms with van der Waals surface area (Å²) in [5.41, 5.74) is 0. The molecular formula is C9H12F3N3S. The van der Waals surface area contributed by atoms with Crippen molar-refractivity contribution < 1.29 is 13.2 Å². The van der Waals surface area contributed by atoms with Crippen molar-refractivity contribution >= 4 is 16.7 Å². The Morgan fingerprint density at radius 1 is 1.50 bits per heavy atom. The Morgan fingerprint density at radius 3 is 2.69 bits per heavy atom. The summed E-state index contributed by atoms with van der Waals surface area (Å²) < 4.78 is 39.9. The van der Waals surface area contributed by atoms with Crippen LogP contribution in [0.3, 0.4) is 0 Å². The average Bonchev–Trinajstić information content (AvgIpc) is 2.80. The largest absolute Gasteiger partial charge is 0.452 e. The monoisotopic (exact) mass is 251 g/mol. The number of aromatic nitrogens is 2. The lowest BCUT2D eigenvalue weighted by Crippen LogP contribution is -2.16. The van der Waals surface area contributed by atoms with Gasteiger partial charge in [-0.05, 0) is 19.3 Å². The Bertz CT molecular complexity index is 359. The highest BCUT2D eigenvalue weighted by molar-refractivity contribution is 7.09. The molecule has 0 saturated heterocycles. The third-order valence-electron chi connectivity index (χ3n) is 2.43. The minimum absolute atomic E-state index is 0.154. The van der Waals surface area contributed by atoms with Crippen molar-refractivity contribution in [1.82, 2.24) is 9.36 Å². The molecule has 3 nitrogen and oxygen atoms in total. The topological polar surface area (TPSA) is 37.8 Å². The molecular weight excluding hydrogens is 239 g/mol. The smallest absolute Gasteiger partial charge is 0.358 e. The van der Waals surface area contributed by atoms with E-state index >= 15 is 0 Å². The number of hydrogen-bond donors (Lipinski definition) is 1. The Hall–Kier alpha value is -0.850. The highest BCUT2D eigenvalue weighted by Gasteiger charge is 2.36. The van der Waals surface area contributed by atoms with E-state index in [1.807, 2.05) is 6.92 Å². The number of nitrogens with zero attached hydrogens (tertiary/aromatic N) is 2. The van der Waals surface area contributed by atoms with Gasteiger partial charge >= 0.3 is 6.18 Å². The Balaban J connectivity index is 1.91. The van der Waals surface area contributed by atoms with Crippen molar-refractivity contribution in [3.63, 3.8) is 0 Å². The molecule has 1 aliphatic carbocycles. The molecule has 1 aromatic heterocycles. The molecule has 90 valence electrons. The van der Waals surface area contributed by atoms with Gasteiger partial charge in [-0.25, -0.2) is 0 Å². The van der Waals surface area contributed by atoms with Crippen LogP contribution >= 0.6 is 11.5 Å². The van der Waals surface area contributed by atoms with Crippen LogP contribution in [0.4, 0.5) is 18.3 Å². The molecule has 2 rings (SSSR count). The fourth-order valence-corrected chi connectivity index (χ4v) is 2.22. The molecule has 0 aliphatic heterocycles. The maximum Gasteiger partial charge on any atom is 0.452 e. The van der Waals surface area contributed by atoms with Gasteiger partial charge < -0.3 is 5.32 Å². The van der Waals surface area contributed by atoms with Crippen LogP contribution in [-0.4, -0.2) is 15.4 Å². The van der Waals surface area contributed by atoms with Gasteiger partial charge in [-0.15, -0.1) is 0 Å². The van der Waals surface area contributed by atoms with Crippen LogP contribution < -0.4 is 5.32 Å². The Labute approximate surface area is 95.2 Å². The van der Waals surface area contributed by atoms with E-state index in [9.17, 15) is 13.2 Å². The molecule has 0 spiro atoms. The molecule has 1 aliphatic rings. The summed E-state index contributed by atoms with van der Waals surface area (Å²) in [6.45, 7) is 1.95. The number of anilines is 1. The quantitative estimate of drug-likeness (QED) is 0.893. The first-order valence-electron chi connectivity index (χ1n) is 5.12. The van der Waals surface area contributed by atoms with Crippen molar-refractivity contribution in [1.29, 1.82) is 0 Å². The summed E-state index contributed by atoms with van der Waals surface area (Å²) in [4.78, 5) is 3.42. The zero-order valence-electron chi connectivity index (χ0n) is 8.71. The van der Waals surface area contributed by atoms with Crippen LogP contribution in [0, 0.1) is 5.92 Å². The van der Waals surface area contributed by atoms with Crippen molar-refractivity contribution in [2.45, 2.75) is 38.4 Å². The summed E-state index contributed by atoms with van der Waals surface area (Å²) in [7, 11) is 0. The van der Waals surface area contributed by atoms with Crippen molar-refractivity contribution in [2.75, 3.05) is 5.32 Å². The molecule has 1 aromatic rings. The Kier molecular flexibility index (Phi) is 3.05. The predicted octanol–water partition coefficient (Wildman–Crippen LogP) is 3.16. The number of alkyl halides is 3. The molecule has 1 heterocycles. The van der Waals surface area contributed by atoms with Crippen molar-refractivity contribution in [3.8, 4) is 0 Å². The van der Waals surface area contributed by atoms with Gasteiger partial charge in [0, 0.05) is 17.6 Å². The lowest BCUT2D eigenvalue weighted by molar-refractivity contribution is -0.144. The van der Waals surface area contributed by atoms with Gasteiger partial charge in [0.25, 0.3) is 0 Å². The van der Waals surface area contributed by atoms with Gasteiger partial charge in [-0.1, -0.05) is 12.8 Å². The molecule has 0 bridgehead atoms. The van der Waals surface area contributed by atoms with E-state index in [2.05, 4.69) is 14.7 Å². The minimum Gasteiger partial charge on any atom is -0.358 e. The maximum atomic E-state index is 12.2. The molecule has 1 saturated carbocycles. The van der Waals surface area contributed by atoms with Gasteiger partial charge in [-0.2, -0.15) is 22.5 Å². The first kappa shape index (κ1) is 11.6. The van der Waals surface area contributed by atoms with Crippen LogP contribution in [-0.2, 0) is 6.18 Å². The standard InChI is InChI=1S/C9H12F3N3S/c1-5(4-6-2-3-6)13-8-14-7(15-16-8)9(10,11)12/h5-6H,2-4H2,1H3,(H,13,14,15). The number of nitrogens with one attached hydrogen (secondary N) is 1. The van der Waals surface area contributed by atoms with Crippen LogP contribution in [0.25, 0.3) is 0 Å².